The van der Waals surface area contributed by atoms with E-state index in [0.717, 1.165) is 6.42 Å². The number of nitrogens with one attached hydrogen (secondary N) is 2. The smallest absolute Gasteiger partial charge is 0.156 e. The molecule has 0 bridgehead atoms. The van der Waals surface area contributed by atoms with E-state index in [2.05, 4.69) is 20.8 Å². The summed E-state index contributed by atoms with van der Waals surface area (Å²) in [4.78, 5) is 6.19. The number of hydrogen-bond acceptors (Lipinski definition) is 8. The molecule has 3 aliphatic rings. The van der Waals surface area contributed by atoms with Crippen molar-refractivity contribution < 1.29 is 20.1 Å². The second-order valence-corrected chi connectivity index (χ2v) is 8.10. The van der Waals surface area contributed by atoms with Crippen molar-refractivity contribution in [2.75, 3.05) is 13.6 Å². The first-order valence-electron chi connectivity index (χ1n) is 9.35. The zero-order valence-corrected chi connectivity index (χ0v) is 17.1. The molecule has 29 heavy (non-hydrogen) atoms. The normalized spacial score (nSPS) is 36.8. The molecule has 4 rings (SSSR count). The molecule has 0 aromatic heterocycles. The van der Waals surface area contributed by atoms with Crippen LogP contribution in [0, 0.1) is 5.92 Å². The van der Waals surface area contributed by atoms with Gasteiger partial charge in [0, 0.05) is 13.6 Å². The van der Waals surface area contributed by atoms with Crippen LogP contribution in [0.4, 0.5) is 0 Å². The number of hydrogen-bond donors (Lipinski definition) is 5. The van der Waals surface area contributed by atoms with Crippen LogP contribution in [0.2, 0.25) is 10.0 Å². The summed E-state index contributed by atoms with van der Waals surface area (Å²) in [6.45, 7) is 0.610. The highest BCUT2D eigenvalue weighted by Gasteiger charge is 2.53. The van der Waals surface area contributed by atoms with Crippen LogP contribution >= 0.6 is 23.2 Å². The molecule has 1 aromatic rings. The van der Waals surface area contributed by atoms with Crippen LogP contribution in [0.1, 0.15) is 18.1 Å². The number of benzene rings is 1. The predicted molar refractivity (Wildman–Crippen MR) is 109 cm³/mol. The number of hydrazone groups is 1. The fourth-order valence-corrected chi connectivity index (χ4v) is 4.50. The van der Waals surface area contributed by atoms with Crippen molar-refractivity contribution in [3.05, 3.63) is 33.8 Å². The molecule has 9 nitrogen and oxygen atoms in total. The molecule has 0 amide bonds. The summed E-state index contributed by atoms with van der Waals surface area (Å²) in [5, 5.41) is 40.0. The molecule has 3 heterocycles. The monoisotopic (exact) mass is 443 g/mol. The van der Waals surface area contributed by atoms with Crippen molar-refractivity contribution >= 4 is 35.4 Å². The molecule has 1 aromatic carbocycles. The lowest BCUT2D eigenvalue weighted by Crippen LogP contribution is -2.55. The summed E-state index contributed by atoms with van der Waals surface area (Å²) in [5.41, 5.74) is 3.20. The molecular formula is C18H23Cl2N5O4. The van der Waals surface area contributed by atoms with Gasteiger partial charge < -0.3 is 30.8 Å². The van der Waals surface area contributed by atoms with E-state index < -0.39 is 30.6 Å². The molecule has 0 saturated carbocycles. The summed E-state index contributed by atoms with van der Waals surface area (Å²) < 4.78 is 5.96. The third kappa shape index (κ3) is 3.72. The number of ether oxygens (including phenoxy) is 1. The van der Waals surface area contributed by atoms with Gasteiger partial charge in [-0.25, -0.2) is 4.99 Å². The standard InChI is InChI=1S/C18H23Cl2N5O4/c1-21-24-16-9-4-5-25(17(9)23-7-22-16)18-14(28)13(27)15(29-18)12(26)8-2-3-10(19)11(20)6-8/h2-3,6-7,9,12-15,17-18,21,26-28H,4-5H2,1H3,(H,22,23,24)/t9?,12-,13+,14-,15-,17?,18-/m1/s1. The molecule has 0 spiro atoms. The fourth-order valence-electron chi connectivity index (χ4n) is 4.19. The van der Waals surface area contributed by atoms with Crippen molar-refractivity contribution in [1.82, 2.24) is 15.6 Å². The maximum atomic E-state index is 10.7. The molecule has 2 fully saturated rings. The minimum atomic E-state index is -1.27. The Balaban J connectivity index is 1.52. The number of aliphatic imine (C=N–C) groups is 1. The summed E-state index contributed by atoms with van der Waals surface area (Å²) in [7, 11) is 1.71. The summed E-state index contributed by atoms with van der Waals surface area (Å²) in [6, 6.07) is 4.70. The molecule has 0 radical (unpaired) electrons. The Hall–Kier alpha value is -1.46. The van der Waals surface area contributed by atoms with E-state index in [1.807, 2.05) is 4.90 Å². The van der Waals surface area contributed by atoms with Gasteiger partial charge in [0.15, 0.2) is 5.84 Å². The number of aliphatic hydroxyl groups excluding tert-OH is 3. The highest BCUT2D eigenvalue weighted by Crippen LogP contribution is 2.38. The molecule has 11 heteroatoms. The summed E-state index contributed by atoms with van der Waals surface area (Å²) >= 11 is 12.0. The molecule has 2 unspecified atom stereocenters. The first-order valence-corrected chi connectivity index (χ1v) is 10.1. The Morgan fingerprint density at radius 1 is 1.31 bits per heavy atom. The highest BCUT2D eigenvalue weighted by molar-refractivity contribution is 6.42. The van der Waals surface area contributed by atoms with E-state index in [1.165, 1.54) is 6.07 Å². The van der Waals surface area contributed by atoms with E-state index >= 15 is 0 Å². The van der Waals surface area contributed by atoms with Gasteiger partial charge in [-0.3, -0.25) is 4.90 Å². The van der Waals surface area contributed by atoms with Crippen molar-refractivity contribution in [2.24, 2.45) is 16.0 Å². The van der Waals surface area contributed by atoms with Crippen molar-refractivity contribution in [2.45, 2.75) is 43.2 Å². The van der Waals surface area contributed by atoms with Crippen LogP contribution in [-0.2, 0) is 4.74 Å². The third-order valence-corrected chi connectivity index (χ3v) is 6.37. The van der Waals surface area contributed by atoms with Crippen LogP contribution in [0.15, 0.2) is 28.3 Å². The number of rotatable bonds is 4. The second kappa shape index (κ2) is 8.35. The van der Waals surface area contributed by atoms with E-state index in [1.54, 1.807) is 25.5 Å². The number of fused-ring (bicyclic) bond motifs is 1. The van der Waals surface area contributed by atoms with Crippen LogP contribution in [0.25, 0.3) is 0 Å². The number of likely N-dealkylation sites (tertiary alicyclic amines) is 1. The Morgan fingerprint density at radius 2 is 2.10 bits per heavy atom. The van der Waals surface area contributed by atoms with E-state index in [0.29, 0.717) is 23.0 Å². The lowest BCUT2D eigenvalue weighted by molar-refractivity contribution is -0.122. The molecule has 5 N–H and O–H groups in total. The maximum absolute atomic E-state index is 10.7. The third-order valence-electron chi connectivity index (χ3n) is 5.64. The largest absolute Gasteiger partial charge is 0.387 e. The summed E-state index contributed by atoms with van der Waals surface area (Å²) in [6.07, 6.45) is -3.32. The second-order valence-electron chi connectivity index (χ2n) is 7.29. The maximum Gasteiger partial charge on any atom is 0.156 e. The SMILES string of the molecule is CN/N=C1\N=CNC2C1CCN2[C@@H]1O[C@H]([C@H](O)c2ccc(Cl)c(Cl)c2)[C@@H](O)[C@H]1O. The number of amidine groups is 1. The van der Waals surface area contributed by atoms with Crippen LogP contribution in [0.5, 0.6) is 0 Å². The first kappa shape index (κ1) is 20.8. The lowest BCUT2D eigenvalue weighted by atomic mass is 9.99. The topological polar surface area (TPSA) is 122 Å². The van der Waals surface area contributed by atoms with Gasteiger partial charge in [0.2, 0.25) is 0 Å². The van der Waals surface area contributed by atoms with Crippen molar-refractivity contribution in [3.8, 4) is 0 Å². The van der Waals surface area contributed by atoms with Gasteiger partial charge in [-0.2, -0.15) is 5.10 Å². The lowest BCUT2D eigenvalue weighted by Gasteiger charge is -2.35. The Bertz CT molecular complexity index is 825. The zero-order valence-electron chi connectivity index (χ0n) is 15.6. The van der Waals surface area contributed by atoms with E-state index in [-0.39, 0.29) is 17.1 Å². The van der Waals surface area contributed by atoms with E-state index in [4.69, 9.17) is 27.9 Å². The van der Waals surface area contributed by atoms with Gasteiger partial charge >= 0.3 is 0 Å². The quantitative estimate of drug-likeness (QED) is 0.423. The van der Waals surface area contributed by atoms with Crippen molar-refractivity contribution in [1.29, 1.82) is 0 Å². The molecule has 3 aliphatic heterocycles. The Kier molecular flexibility index (Phi) is 5.99. The number of halogens is 2. The van der Waals surface area contributed by atoms with Gasteiger partial charge in [0.25, 0.3) is 0 Å². The minimum Gasteiger partial charge on any atom is -0.387 e. The molecule has 2 saturated heterocycles. The van der Waals surface area contributed by atoms with Crippen LogP contribution < -0.4 is 10.7 Å². The van der Waals surface area contributed by atoms with Crippen LogP contribution in [-0.4, -0.2) is 76.7 Å². The van der Waals surface area contributed by atoms with Gasteiger partial charge in [-0.1, -0.05) is 29.3 Å². The average molecular weight is 444 g/mol. The van der Waals surface area contributed by atoms with Gasteiger partial charge in [-0.15, -0.1) is 0 Å². The highest BCUT2D eigenvalue weighted by atomic mass is 35.5. The summed E-state index contributed by atoms with van der Waals surface area (Å²) in [5.74, 6) is 0.679. The van der Waals surface area contributed by atoms with Gasteiger partial charge in [-0.05, 0) is 24.1 Å². The molecule has 0 aliphatic carbocycles. The fraction of sp³-hybridized carbons (Fsp3) is 0.556. The number of nitrogens with zero attached hydrogens (tertiary/aromatic N) is 3. The van der Waals surface area contributed by atoms with E-state index in [9.17, 15) is 15.3 Å². The minimum absolute atomic E-state index is 0.0134. The number of aliphatic hydroxyl groups is 3. The molecular weight excluding hydrogens is 421 g/mol. The Morgan fingerprint density at radius 3 is 2.83 bits per heavy atom. The van der Waals surface area contributed by atoms with Crippen molar-refractivity contribution in [3.63, 3.8) is 0 Å². The van der Waals surface area contributed by atoms with Gasteiger partial charge in [0.1, 0.15) is 30.6 Å². The predicted octanol–water partition coefficient (Wildman–Crippen LogP) is 0.286. The first-order chi connectivity index (χ1) is 13.9. The average Bonchev–Trinajstić information content (AvgIpc) is 3.26. The zero-order chi connectivity index (χ0) is 20.7. The van der Waals surface area contributed by atoms with Crippen LogP contribution in [0.3, 0.4) is 0 Å². The van der Waals surface area contributed by atoms with Gasteiger partial charge in [0.05, 0.1) is 28.5 Å². The Labute approximate surface area is 178 Å². The molecule has 158 valence electrons. The molecule has 7 atom stereocenters.